The molecule has 0 N–H and O–H groups in total. The van der Waals surface area contributed by atoms with Crippen LogP contribution < -0.4 is 18.5 Å². The molecule has 0 saturated heterocycles. The lowest BCUT2D eigenvalue weighted by atomic mass is 10.0. The number of hydrogen-bond donors (Lipinski definition) is 0. The number of pyridine rings is 2. The molecule has 2 aromatic carbocycles. The van der Waals surface area contributed by atoms with Crippen molar-refractivity contribution < 1.29 is 50.5 Å². The molecule has 0 bridgehead atoms. The maximum absolute atomic E-state index is 13.6. The molecule has 1 unspecified atom stereocenters. The van der Waals surface area contributed by atoms with Crippen LogP contribution in [0.25, 0.3) is 0 Å². The van der Waals surface area contributed by atoms with Crippen LogP contribution in [0.5, 0.6) is 11.5 Å². The normalized spacial score (nSPS) is 14.6. The van der Waals surface area contributed by atoms with Crippen molar-refractivity contribution in [3.05, 3.63) is 116 Å². The monoisotopic (exact) mass is 790 g/mol. The molecule has 0 spiro atoms. The second-order valence-corrected chi connectivity index (χ2v) is 15.1. The van der Waals surface area contributed by atoms with E-state index >= 15 is 0 Å². The van der Waals surface area contributed by atoms with Crippen molar-refractivity contribution in [1.29, 1.82) is 0 Å². The Bertz CT molecular complexity index is 2150. The molecule has 2 amide bonds. The lowest BCUT2D eigenvalue weighted by Gasteiger charge is -2.22. The fourth-order valence-corrected chi connectivity index (χ4v) is 7.06. The molecule has 6 rings (SSSR count). The fraction of sp³-hybridized carbons (Fsp3) is 0.286. The van der Waals surface area contributed by atoms with E-state index in [0.29, 0.717) is 15.3 Å². The van der Waals surface area contributed by atoms with Gasteiger partial charge in [-0.25, -0.2) is 8.42 Å². The van der Waals surface area contributed by atoms with Crippen LogP contribution in [-0.2, 0) is 32.5 Å². The van der Waals surface area contributed by atoms with Crippen LogP contribution in [0, 0.1) is 11.1 Å². The van der Waals surface area contributed by atoms with Crippen molar-refractivity contribution in [2.24, 2.45) is 5.92 Å². The minimum Gasteiger partial charge on any atom is -0.619 e. The number of rotatable bonds is 15. The summed E-state index contributed by atoms with van der Waals surface area (Å²) >= 11 is 12.7. The Morgan fingerprint density at radius 1 is 1.04 bits per heavy atom. The summed E-state index contributed by atoms with van der Waals surface area (Å²) in [4.78, 5) is 45.3. The van der Waals surface area contributed by atoms with Crippen LogP contribution in [0.4, 0.5) is 14.5 Å². The summed E-state index contributed by atoms with van der Waals surface area (Å²) in [5, 5.41) is 11.8. The number of sulfonamides is 1. The van der Waals surface area contributed by atoms with Crippen LogP contribution in [0.15, 0.2) is 73.2 Å². The van der Waals surface area contributed by atoms with Gasteiger partial charge in [0.1, 0.15) is 22.7 Å². The molecule has 53 heavy (non-hydrogen) atoms. The van der Waals surface area contributed by atoms with Crippen LogP contribution in [0.3, 0.4) is 0 Å². The number of carbonyl (C=O) groups excluding carboxylic acids is 3. The average molecular weight is 792 g/mol. The SMILES string of the molecule is CS(=O)(=O)N(Cc1ccccn1)c1ccc2c(c1)C(=O)N(CC(=O)OC(Cc1c(Cl)c[n+]([O-])cc1Cl)c1ccc(OC(F)F)c(OCC3CC3)c1)C2=O. The Labute approximate surface area is 312 Å². The van der Waals surface area contributed by atoms with Gasteiger partial charge in [-0.2, -0.15) is 13.5 Å². The molecule has 2 aromatic heterocycles. The second kappa shape index (κ2) is 15.5. The number of imide groups is 1. The highest BCUT2D eigenvalue weighted by molar-refractivity contribution is 7.92. The number of carbonyl (C=O) groups is 3. The highest BCUT2D eigenvalue weighted by Gasteiger charge is 2.39. The summed E-state index contributed by atoms with van der Waals surface area (Å²) in [7, 11) is -3.87. The van der Waals surface area contributed by atoms with E-state index in [-0.39, 0.29) is 75.0 Å². The van der Waals surface area contributed by atoms with Gasteiger partial charge >= 0.3 is 12.6 Å². The van der Waals surface area contributed by atoms with E-state index in [0.717, 1.165) is 35.8 Å². The molecule has 13 nitrogen and oxygen atoms in total. The number of nitrogens with zero attached hydrogens (tertiary/aromatic N) is 4. The van der Waals surface area contributed by atoms with E-state index in [4.69, 9.17) is 32.7 Å². The van der Waals surface area contributed by atoms with Crippen molar-refractivity contribution in [1.82, 2.24) is 9.88 Å². The van der Waals surface area contributed by atoms with Gasteiger partial charge in [-0.05, 0) is 66.8 Å². The summed E-state index contributed by atoms with van der Waals surface area (Å²) < 4.78 is 69.6. The Balaban J connectivity index is 1.26. The van der Waals surface area contributed by atoms with Gasteiger partial charge < -0.3 is 19.4 Å². The number of amides is 2. The van der Waals surface area contributed by atoms with E-state index in [1.807, 2.05) is 0 Å². The molecule has 278 valence electrons. The van der Waals surface area contributed by atoms with Gasteiger partial charge in [0, 0.05) is 18.2 Å². The Morgan fingerprint density at radius 2 is 1.75 bits per heavy atom. The summed E-state index contributed by atoms with van der Waals surface area (Å²) in [5.74, 6) is -2.78. The van der Waals surface area contributed by atoms with E-state index in [1.54, 1.807) is 18.2 Å². The fourth-order valence-electron chi connectivity index (χ4n) is 5.60. The first-order chi connectivity index (χ1) is 25.2. The summed E-state index contributed by atoms with van der Waals surface area (Å²) in [6.07, 6.45) is 4.94. The summed E-state index contributed by atoms with van der Waals surface area (Å²) in [6, 6.07) is 12.9. The third-order valence-electron chi connectivity index (χ3n) is 8.41. The smallest absolute Gasteiger partial charge is 0.387 e. The van der Waals surface area contributed by atoms with E-state index < -0.39 is 47.1 Å². The molecule has 1 fully saturated rings. The van der Waals surface area contributed by atoms with Crippen molar-refractivity contribution >= 4 is 56.7 Å². The van der Waals surface area contributed by atoms with Gasteiger partial charge in [0.25, 0.3) is 11.8 Å². The third-order valence-corrected chi connectivity index (χ3v) is 10.2. The first-order valence-electron chi connectivity index (χ1n) is 16.0. The zero-order chi connectivity index (χ0) is 38.0. The Kier molecular flexibility index (Phi) is 11.0. The van der Waals surface area contributed by atoms with Crippen molar-refractivity contribution in [2.75, 3.05) is 23.7 Å². The maximum Gasteiger partial charge on any atom is 0.387 e. The minimum absolute atomic E-state index is 0.0410. The lowest BCUT2D eigenvalue weighted by molar-refractivity contribution is -0.605. The molecule has 1 aliphatic heterocycles. The van der Waals surface area contributed by atoms with Crippen LogP contribution in [-0.4, -0.2) is 62.1 Å². The quantitative estimate of drug-likeness (QED) is 0.0652. The van der Waals surface area contributed by atoms with Crippen LogP contribution in [0.1, 0.15) is 56.5 Å². The highest BCUT2D eigenvalue weighted by Crippen LogP contribution is 2.38. The predicted octanol–water partition coefficient (Wildman–Crippen LogP) is 5.50. The number of anilines is 1. The van der Waals surface area contributed by atoms with Crippen molar-refractivity contribution in [3.8, 4) is 11.5 Å². The third kappa shape index (κ3) is 8.95. The standard InChI is InChI=1S/C35H30Cl2F2N4O9S/c1-53(48,49)43(15-22-4-2-3-11-40-22)23-8-9-24-25(13-23)34(46)42(33(24)45)18-32(44)51-30(14-26-27(36)16-41(47)17-28(26)37)21-7-10-29(52-35(38)39)31(12-21)50-19-20-5-6-20/h2-4,7-13,16-17,20,30,35H,5-6,14-15,18-19H2,1H3. The number of halogens is 4. The Hall–Kier alpha value is -5.06. The number of alkyl halides is 2. The first-order valence-corrected chi connectivity index (χ1v) is 18.6. The zero-order valence-corrected chi connectivity index (χ0v) is 30.1. The number of hydrogen-bond acceptors (Lipinski definition) is 10. The largest absolute Gasteiger partial charge is 0.619 e. The molecule has 2 aliphatic rings. The summed E-state index contributed by atoms with van der Waals surface area (Å²) in [6.45, 7) is -3.91. The van der Waals surface area contributed by atoms with E-state index in [9.17, 15) is 36.8 Å². The molecule has 0 radical (unpaired) electrons. The van der Waals surface area contributed by atoms with Gasteiger partial charge in [0.15, 0.2) is 23.9 Å². The lowest BCUT2D eigenvalue weighted by Crippen LogP contribution is -2.36. The number of aromatic nitrogens is 2. The van der Waals surface area contributed by atoms with Crippen molar-refractivity contribution in [2.45, 2.75) is 38.5 Å². The number of fused-ring (bicyclic) bond motifs is 1. The zero-order valence-electron chi connectivity index (χ0n) is 27.8. The molecule has 1 atom stereocenters. The van der Waals surface area contributed by atoms with Gasteiger partial charge in [0.05, 0.1) is 41.9 Å². The highest BCUT2D eigenvalue weighted by atomic mass is 35.5. The maximum atomic E-state index is 13.6. The predicted molar refractivity (Wildman–Crippen MR) is 186 cm³/mol. The van der Waals surface area contributed by atoms with Crippen LogP contribution in [0.2, 0.25) is 10.0 Å². The molecule has 3 heterocycles. The first kappa shape index (κ1) is 37.7. The Morgan fingerprint density at radius 3 is 2.40 bits per heavy atom. The second-order valence-electron chi connectivity index (χ2n) is 12.3. The molecule has 1 saturated carbocycles. The molecular formula is C35H30Cl2F2N4O9S. The number of esters is 1. The molecule has 18 heteroatoms. The minimum atomic E-state index is -3.87. The molecular weight excluding hydrogens is 761 g/mol. The molecule has 4 aromatic rings. The van der Waals surface area contributed by atoms with Gasteiger partial charge in [-0.3, -0.25) is 28.6 Å². The summed E-state index contributed by atoms with van der Waals surface area (Å²) in [5.41, 5.74) is 0.779. The topological polar surface area (TPSA) is 159 Å². The van der Waals surface area contributed by atoms with Gasteiger partial charge in [0.2, 0.25) is 10.0 Å². The average Bonchev–Trinajstić information content (AvgIpc) is 3.90. The molecule has 1 aliphatic carbocycles. The van der Waals surface area contributed by atoms with Gasteiger partial charge in [-0.1, -0.05) is 35.3 Å². The van der Waals surface area contributed by atoms with E-state index in [2.05, 4.69) is 9.72 Å². The van der Waals surface area contributed by atoms with Crippen molar-refractivity contribution in [3.63, 3.8) is 0 Å². The number of benzene rings is 2. The number of ether oxygens (including phenoxy) is 3. The van der Waals surface area contributed by atoms with Gasteiger partial charge in [-0.15, -0.1) is 0 Å². The van der Waals surface area contributed by atoms with Crippen LogP contribution >= 0.6 is 23.2 Å². The van der Waals surface area contributed by atoms with E-state index in [1.165, 1.54) is 42.6 Å².